The summed E-state index contributed by atoms with van der Waals surface area (Å²) < 4.78 is 12.6. The van der Waals surface area contributed by atoms with E-state index in [4.69, 9.17) is 9.47 Å². The number of carbonyl (C=O) groups is 1. The molecule has 0 aliphatic carbocycles. The Bertz CT molecular complexity index is 650. The van der Waals surface area contributed by atoms with Crippen LogP contribution in [0.5, 0.6) is 11.5 Å². The molecule has 7 nitrogen and oxygen atoms in total. The zero-order chi connectivity index (χ0) is 16.8. The predicted molar refractivity (Wildman–Crippen MR) is 83.8 cm³/mol. The number of hydrogen-bond donors (Lipinski definition) is 1. The summed E-state index contributed by atoms with van der Waals surface area (Å²) in [6.45, 7) is 7.25. The van der Waals surface area contributed by atoms with Crippen molar-refractivity contribution in [1.29, 1.82) is 0 Å². The van der Waals surface area contributed by atoms with E-state index in [1.807, 2.05) is 20.8 Å². The van der Waals surface area contributed by atoms with Gasteiger partial charge in [0.25, 0.3) is 0 Å². The van der Waals surface area contributed by atoms with E-state index in [0.29, 0.717) is 30.5 Å². The molecule has 2 rings (SSSR count). The highest BCUT2D eigenvalue weighted by molar-refractivity contribution is 5.86. The predicted octanol–water partition coefficient (Wildman–Crippen LogP) is 2.61. The zero-order valence-corrected chi connectivity index (χ0v) is 13.5. The van der Waals surface area contributed by atoms with Crippen LogP contribution in [0.25, 0.3) is 0 Å². The molecule has 0 saturated carbocycles. The van der Waals surface area contributed by atoms with E-state index in [1.54, 1.807) is 28.9 Å². The summed E-state index contributed by atoms with van der Waals surface area (Å²) in [5.74, 6) is 0.604. The van der Waals surface area contributed by atoms with Crippen LogP contribution < -0.4 is 9.47 Å². The molecule has 0 bridgehead atoms. The van der Waals surface area contributed by atoms with Gasteiger partial charge in [0, 0.05) is 6.54 Å². The lowest BCUT2D eigenvalue weighted by atomic mass is 10.2. The van der Waals surface area contributed by atoms with Gasteiger partial charge in [0.15, 0.2) is 5.69 Å². The van der Waals surface area contributed by atoms with E-state index in [9.17, 15) is 9.90 Å². The van der Waals surface area contributed by atoms with Gasteiger partial charge in [0.05, 0.1) is 6.61 Å². The number of aromatic nitrogens is 3. The number of nitrogens with zero attached hydrogens (tertiary/aromatic N) is 3. The number of benzene rings is 1. The van der Waals surface area contributed by atoms with Crippen molar-refractivity contribution in [1.82, 2.24) is 15.0 Å². The van der Waals surface area contributed by atoms with E-state index in [-0.39, 0.29) is 12.3 Å². The number of ether oxygens (including phenoxy) is 2. The van der Waals surface area contributed by atoms with Crippen molar-refractivity contribution in [2.75, 3.05) is 6.61 Å². The Hall–Kier alpha value is -2.57. The molecular formula is C16H21N3O4. The van der Waals surface area contributed by atoms with E-state index in [1.165, 1.54) is 0 Å². The van der Waals surface area contributed by atoms with Gasteiger partial charge < -0.3 is 14.6 Å². The first-order valence-corrected chi connectivity index (χ1v) is 7.52. The Kier molecular flexibility index (Phi) is 5.56. The number of carboxylic acid groups (broad SMARTS) is 1. The van der Waals surface area contributed by atoms with Gasteiger partial charge in [-0.25, -0.2) is 9.48 Å². The molecule has 0 amide bonds. The highest BCUT2D eigenvalue weighted by atomic mass is 16.5. The normalized spacial score (nSPS) is 10.8. The number of aromatic carboxylic acids is 1. The zero-order valence-electron chi connectivity index (χ0n) is 13.5. The first-order chi connectivity index (χ1) is 11.0. The Morgan fingerprint density at radius 3 is 2.35 bits per heavy atom. The van der Waals surface area contributed by atoms with E-state index in [0.717, 1.165) is 5.75 Å². The van der Waals surface area contributed by atoms with Crippen molar-refractivity contribution >= 4 is 5.97 Å². The van der Waals surface area contributed by atoms with Crippen molar-refractivity contribution in [3.05, 3.63) is 35.7 Å². The van der Waals surface area contributed by atoms with Crippen LogP contribution >= 0.6 is 0 Å². The van der Waals surface area contributed by atoms with Crippen LogP contribution in [0.3, 0.4) is 0 Å². The summed E-state index contributed by atoms with van der Waals surface area (Å²) in [6.07, 6.45) is 0. The van der Waals surface area contributed by atoms with Gasteiger partial charge in [-0.1, -0.05) is 19.1 Å². The lowest BCUT2D eigenvalue weighted by Gasteiger charge is -2.11. The van der Waals surface area contributed by atoms with Crippen LogP contribution in [0, 0.1) is 5.92 Å². The highest BCUT2D eigenvalue weighted by Crippen LogP contribution is 2.19. The third-order valence-corrected chi connectivity index (χ3v) is 3.09. The maximum absolute atomic E-state index is 11.3. The Morgan fingerprint density at radius 2 is 1.83 bits per heavy atom. The Morgan fingerprint density at radius 1 is 1.22 bits per heavy atom. The second kappa shape index (κ2) is 7.62. The Labute approximate surface area is 134 Å². The van der Waals surface area contributed by atoms with Crippen molar-refractivity contribution < 1.29 is 19.4 Å². The third kappa shape index (κ3) is 4.45. The monoisotopic (exact) mass is 319 g/mol. The molecule has 0 aliphatic rings. The molecule has 1 aromatic carbocycles. The van der Waals surface area contributed by atoms with Crippen molar-refractivity contribution in [3.8, 4) is 11.5 Å². The second-order valence-corrected chi connectivity index (χ2v) is 5.46. The van der Waals surface area contributed by atoms with Crippen LogP contribution in [0.15, 0.2) is 24.3 Å². The van der Waals surface area contributed by atoms with Gasteiger partial charge in [-0.05, 0) is 37.1 Å². The molecule has 0 fully saturated rings. The summed E-state index contributed by atoms with van der Waals surface area (Å²) in [4.78, 5) is 11.3. The van der Waals surface area contributed by atoms with E-state index < -0.39 is 5.97 Å². The summed E-state index contributed by atoms with van der Waals surface area (Å²) >= 11 is 0. The van der Waals surface area contributed by atoms with Crippen LogP contribution in [-0.2, 0) is 13.2 Å². The smallest absolute Gasteiger partial charge is 0.358 e. The molecule has 1 N–H and O–H groups in total. The van der Waals surface area contributed by atoms with Crippen LogP contribution in [0.1, 0.15) is 37.0 Å². The molecule has 124 valence electrons. The van der Waals surface area contributed by atoms with E-state index >= 15 is 0 Å². The summed E-state index contributed by atoms with van der Waals surface area (Å²) in [5.41, 5.74) is 0.386. The fourth-order valence-corrected chi connectivity index (χ4v) is 2.08. The molecule has 1 aromatic heterocycles. The molecule has 2 aromatic rings. The van der Waals surface area contributed by atoms with Gasteiger partial charge in [0.2, 0.25) is 0 Å². The molecule has 0 saturated heterocycles. The van der Waals surface area contributed by atoms with Crippen LogP contribution in [0.4, 0.5) is 0 Å². The average molecular weight is 319 g/mol. The number of carboxylic acids is 1. The van der Waals surface area contributed by atoms with Gasteiger partial charge >= 0.3 is 5.97 Å². The summed E-state index contributed by atoms with van der Waals surface area (Å²) in [5, 5.41) is 16.9. The van der Waals surface area contributed by atoms with Crippen LogP contribution in [-0.4, -0.2) is 32.7 Å². The van der Waals surface area contributed by atoms with Crippen molar-refractivity contribution in [2.24, 2.45) is 5.92 Å². The molecule has 0 unspecified atom stereocenters. The standard InChI is InChI=1S/C16H21N3O4/c1-4-22-12-5-7-13(8-6-12)23-10-14-15(16(20)21)17-18-19(14)9-11(2)3/h5-8,11H,4,9-10H2,1-3H3,(H,20,21). The lowest BCUT2D eigenvalue weighted by Crippen LogP contribution is -2.14. The quantitative estimate of drug-likeness (QED) is 0.805. The third-order valence-electron chi connectivity index (χ3n) is 3.09. The fraction of sp³-hybridized carbons (Fsp3) is 0.438. The maximum Gasteiger partial charge on any atom is 0.358 e. The molecule has 0 radical (unpaired) electrons. The summed E-state index contributed by atoms with van der Waals surface area (Å²) in [7, 11) is 0. The van der Waals surface area contributed by atoms with Gasteiger partial charge in [-0.2, -0.15) is 0 Å². The second-order valence-electron chi connectivity index (χ2n) is 5.46. The number of hydrogen-bond acceptors (Lipinski definition) is 5. The highest BCUT2D eigenvalue weighted by Gasteiger charge is 2.20. The fourth-order valence-electron chi connectivity index (χ4n) is 2.08. The van der Waals surface area contributed by atoms with Gasteiger partial charge in [-0.3, -0.25) is 0 Å². The minimum atomic E-state index is -1.11. The molecule has 0 aliphatic heterocycles. The largest absolute Gasteiger partial charge is 0.494 e. The number of rotatable bonds is 8. The van der Waals surface area contributed by atoms with Crippen molar-refractivity contribution in [3.63, 3.8) is 0 Å². The van der Waals surface area contributed by atoms with Gasteiger partial charge in [0.1, 0.15) is 23.8 Å². The first kappa shape index (κ1) is 16.8. The summed E-state index contributed by atoms with van der Waals surface area (Å²) in [6, 6.07) is 7.17. The Balaban J connectivity index is 2.12. The van der Waals surface area contributed by atoms with Gasteiger partial charge in [-0.15, -0.1) is 5.10 Å². The van der Waals surface area contributed by atoms with Crippen molar-refractivity contribution in [2.45, 2.75) is 33.9 Å². The first-order valence-electron chi connectivity index (χ1n) is 7.52. The van der Waals surface area contributed by atoms with E-state index in [2.05, 4.69) is 10.3 Å². The molecule has 7 heteroatoms. The molecule has 23 heavy (non-hydrogen) atoms. The molecular weight excluding hydrogens is 298 g/mol. The maximum atomic E-state index is 11.3. The minimum Gasteiger partial charge on any atom is -0.494 e. The molecule has 0 spiro atoms. The molecule has 1 heterocycles. The average Bonchev–Trinajstić information content (AvgIpc) is 2.89. The minimum absolute atomic E-state index is 0.0726. The lowest BCUT2D eigenvalue weighted by molar-refractivity contribution is 0.0687. The SMILES string of the molecule is CCOc1ccc(OCc2c(C(=O)O)nnn2CC(C)C)cc1. The topological polar surface area (TPSA) is 86.5 Å². The molecule has 0 atom stereocenters. The van der Waals surface area contributed by atoms with Crippen LogP contribution in [0.2, 0.25) is 0 Å².